The second kappa shape index (κ2) is 13.1. The van der Waals surface area contributed by atoms with E-state index >= 15 is 0 Å². The highest BCUT2D eigenvalue weighted by Gasteiger charge is 2.65. The lowest BCUT2D eigenvalue weighted by molar-refractivity contribution is -0.893. The molecule has 1 amide bonds. The van der Waals surface area contributed by atoms with Gasteiger partial charge in [0, 0.05) is 19.4 Å². The lowest BCUT2D eigenvalue weighted by atomic mass is 9.43. The molecule has 0 aliphatic heterocycles. The molecule has 4 rings (SSSR count). The maximum absolute atomic E-state index is 12.7. The third-order valence-electron chi connectivity index (χ3n) is 12.7. The monoisotopic (exact) mass is 630 g/mol. The second-order valence-electron chi connectivity index (χ2n) is 16.0. The van der Waals surface area contributed by atoms with Crippen LogP contribution in [0.4, 0.5) is 0 Å². The number of likely N-dealkylation sites (N-methyl/N-ethyl adjacent to an activating group) is 1. The number of carbonyl (C=O) groups excluding carboxylic acids is 1. The van der Waals surface area contributed by atoms with Crippen molar-refractivity contribution in [1.29, 1.82) is 0 Å². The first-order chi connectivity index (χ1) is 19.9. The normalized spacial score (nSPS) is 41.1. The fourth-order valence-electron chi connectivity index (χ4n) is 10.5. The van der Waals surface area contributed by atoms with Gasteiger partial charge < -0.3 is 34.8 Å². The van der Waals surface area contributed by atoms with Gasteiger partial charge in [-0.05, 0) is 97.7 Å². The van der Waals surface area contributed by atoms with E-state index in [1.807, 2.05) is 14.1 Å². The van der Waals surface area contributed by atoms with E-state index in [0.717, 1.165) is 44.9 Å². The van der Waals surface area contributed by atoms with Crippen LogP contribution in [0.15, 0.2) is 0 Å². The van der Waals surface area contributed by atoms with E-state index in [4.69, 9.17) is 0 Å². The van der Waals surface area contributed by atoms with Gasteiger partial charge in [-0.25, -0.2) is 8.42 Å². The minimum Gasteiger partial charge on any atom is -0.748 e. The molecular weight excluding hydrogens is 572 g/mol. The number of hydrogen-bond acceptors (Lipinski definition) is 8. The molecule has 12 atom stereocenters. The minimum atomic E-state index is -4.48. The summed E-state index contributed by atoms with van der Waals surface area (Å²) in [6.07, 6.45) is 5.44. The molecule has 0 aromatic rings. The van der Waals surface area contributed by atoms with E-state index < -0.39 is 34.2 Å². The summed E-state index contributed by atoms with van der Waals surface area (Å²) in [5.41, 5.74) is -0.229. The molecule has 0 aromatic carbocycles. The average Bonchev–Trinajstić information content (AvgIpc) is 3.24. The number of quaternary nitrogens is 1. The Morgan fingerprint density at radius 2 is 1.77 bits per heavy atom. The van der Waals surface area contributed by atoms with Crippen LogP contribution >= 0.6 is 0 Å². The number of carbonyl (C=O) groups is 1. The summed E-state index contributed by atoms with van der Waals surface area (Å²) in [5, 5.41) is 46.5. The van der Waals surface area contributed by atoms with Gasteiger partial charge >= 0.3 is 0 Å². The van der Waals surface area contributed by atoms with Crippen molar-refractivity contribution in [3.05, 3.63) is 0 Å². The molecule has 4 aliphatic rings. The number of fused-ring (bicyclic) bond motifs is 5. The van der Waals surface area contributed by atoms with Gasteiger partial charge in [0.15, 0.2) is 0 Å². The summed E-state index contributed by atoms with van der Waals surface area (Å²) in [6, 6.07) is 0. The van der Waals surface area contributed by atoms with Crippen molar-refractivity contribution in [2.75, 3.05) is 39.5 Å². The van der Waals surface area contributed by atoms with Crippen molar-refractivity contribution in [1.82, 2.24) is 5.32 Å². The van der Waals surface area contributed by atoms with Gasteiger partial charge in [0.25, 0.3) is 0 Å². The molecule has 11 heteroatoms. The molecule has 43 heavy (non-hydrogen) atoms. The van der Waals surface area contributed by atoms with Crippen LogP contribution in [0, 0.1) is 46.3 Å². The molecule has 0 bridgehead atoms. The van der Waals surface area contributed by atoms with Crippen LogP contribution in [-0.4, -0.2) is 108 Å². The summed E-state index contributed by atoms with van der Waals surface area (Å²) < 4.78 is 33.0. The number of hydrogen-bond donors (Lipinski definition) is 5. The second-order valence-corrected chi connectivity index (χ2v) is 17.4. The quantitative estimate of drug-likeness (QED) is 0.124. The van der Waals surface area contributed by atoms with Crippen molar-refractivity contribution in [3.8, 4) is 0 Å². The van der Waals surface area contributed by atoms with E-state index in [-0.39, 0.29) is 59.0 Å². The van der Waals surface area contributed by atoms with E-state index in [9.17, 15) is 38.2 Å². The summed E-state index contributed by atoms with van der Waals surface area (Å²) in [7, 11) is -0.775. The summed E-state index contributed by atoms with van der Waals surface area (Å²) in [6.45, 7) is 8.02. The Labute approximate surface area is 259 Å². The third kappa shape index (κ3) is 7.60. The number of aliphatic hydroxyl groups is 4. The Balaban J connectivity index is 1.27. The third-order valence-corrected chi connectivity index (χ3v) is 13.5. The van der Waals surface area contributed by atoms with Gasteiger partial charge in [-0.2, -0.15) is 0 Å². The zero-order valence-electron chi connectivity index (χ0n) is 27.0. The Bertz CT molecular complexity index is 1090. The molecule has 1 unspecified atom stereocenters. The summed E-state index contributed by atoms with van der Waals surface area (Å²) in [5.74, 6) is 0.749. The molecule has 0 radical (unpaired) electrons. The number of rotatable bonds is 12. The highest BCUT2D eigenvalue weighted by atomic mass is 32.2. The van der Waals surface area contributed by atoms with Gasteiger partial charge in [0.05, 0.1) is 54.8 Å². The molecule has 10 nitrogen and oxygen atoms in total. The molecule has 0 spiro atoms. The fraction of sp³-hybridized carbons (Fsp3) is 0.969. The standard InChI is InChI=1S/C32H58N2O8S/c1-20(7-10-29(39)33-13-6-14-34(4,5)18-23(36)19-43(40,41)42)24-8-9-25-30-26(17-28(38)32(24,25)3)31(2)12-11-22(35)15-21(31)16-27(30)37/h20-28,30,35-38H,6-19H2,1-5H3,(H-,33,39,40,41,42)/t20-,21+,22+,23?,24-,25+,26-,27+,28-,30-,31-,32+/m0/s1. The number of aliphatic hydroxyl groups excluding tert-OH is 4. The van der Waals surface area contributed by atoms with E-state index in [1.165, 1.54) is 0 Å². The zero-order valence-corrected chi connectivity index (χ0v) is 27.8. The van der Waals surface area contributed by atoms with Crippen molar-refractivity contribution >= 4 is 16.0 Å². The number of amides is 1. The van der Waals surface area contributed by atoms with Crippen LogP contribution < -0.4 is 5.32 Å². The van der Waals surface area contributed by atoms with Crippen molar-refractivity contribution in [2.45, 2.75) is 109 Å². The van der Waals surface area contributed by atoms with E-state index in [0.29, 0.717) is 42.8 Å². The van der Waals surface area contributed by atoms with Crippen molar-refractivity contribution < 1.29 is 42.7 Å². The van der Waals surface area contributed by atoms with Crippen LogP contribution in [0.3, 0.4) is 0 Å². The topological polar surface area (TPSA) is 167 Å². The average molecular weight is 631 g/mol. The molecule has 5 N–H and O–H groups in total. The van der Waals surface area contributed by atoms with Gasteiger partial charge in [-0.15, -0.1) is 0 Å². The van der Waals surface area contributed by atoms with Gasteiger partial charge in [0.2, 0.25) is 5.91 Å². The molecule has 4 fully saturated rings. The van der Waals surface area contributed by atoms with Crippen LogP contribution in [0.2, 0.25) is 0 Å². The molecule has 4 aliphatic carbocycles. The fourth-order valence-corrected chi connectivity index (χ4v) is 11.0. The smallest absolute Gasteiger partial charge is 0.220 e. The first kappa shape index (κ1) is 35.0. The largest absolute Gasteiger partial charge is 0.748 e. The summed E-state index contributed by atoms with van der Waals surface area (Å²) in [4.78, 5) is 12.7. The first-order valence-corrected chi connectivity index (χ1v) is 18.2. The van der Waals surface area contributed by atoms with Crippen LogP contribution in [0.1, 0.15) is 85.0 Å². The van der Waals surface area contributed by atoms with Crippen LogP contribution in [-0.2, 0) is 14.9 Å². The molecular formula is C32H58N2O8S. The maximum atomic E-state index is 12.7. The molecule has 4 saturated carbocycles. The van der Waals surface area contributed by atoms with Crippen LogP contribution in [0.25, 0.3) is 0 Å². The molecule has 0 aromatic heterocycles. The van der Waals surface area contributed by atoms with Crippen molar-refractivity contribution in [2.24, 2.45) is 46.3 Å². The zero-order chi connectivity index (χ0) is 32.0. The Kier molecular flexibility index (Phi) is 10.7. The molecule has 250 valence electrons. The van der Waals surface area contributed by atoms with Gasteiger partial charge in [0.1, 0.15) is 12.6 Å². The highest BCUT2D eigenvalue weighted by molar-refractivity contribution is 7.85. The maximum Gasteiger partial charge on any atom is 0.220 e. The van der Waals surface area contributed by atoms with Crippen molar-refractivity contribution in [3.63, 3.8) is 0 Å². The number of nitrogens with zero attached hydrogens (tertiary/aromatic N) is 1. The highest BCUT2D eigenvalue weighted by Crippen LogP contribution is 2.68. The first-order valence-electron chi connectivity index (χ1n) is 16.6. The molecule has 0 saturated heterocycles. The Hall–Kier alpha value is -0.820. The van der Waals surface area contributed by atoms with Gasteiger partial charge in [-0.3, -0.25) is 4.79 Å². The van der Waals surface area contributed by atoms with E-state index in [1.54, 1.807) is 0 Å². The van der Waals surface area contributed by atoms with Crippen LogP contribution in [0.5, 0.6) is 0 Å². The predicted molar refractivity (Wildman–Crippen MR) is 162 cm³/mol. The number of nitrogens with one attached hydrogen (secondary N) is 1. The Morgan fingerprint density at radius 3 is 2.44 bits per heavy atom. The minimum absolute atomic E-state index is 0.0141. The lowest BCUT2D eigenvalue weighted by Gasteiger charge is -2.63. The van der Waals surface area contributed by atoms with E-state index in [2.05, 4.69) is 26.1 Å². The Morgan fingerprint density at radius 1 is 1.07 bits per heavy atom. The summed E-state index contributed by atoms with van der Waals surface area (Å²) >= 11 is 0. The SMILES string of the molecule is C[C@@H](CCC(=O)NCCC[N+](C)(C)CC(O)CS(=O)(=O)[O-])[C@@H]1CC[C@@H]2[C@@H]3[C@H](O)C[C@H]4C[C@H](O)CC[C@]4(C)[C@H]3C[C@H](O)[C@@]21C. The lowest BCUT2D eigenvalue weighted by Crippen LogP contribution is -2.62. The molecule has 0 heterocycles. The predicted octanol–water partition coefficient (Wildman–Crippen LogP) is 1.85. The van der Waals surface area contributed by atoms with Gasteiger partial charge in [-0.1, -0.05) is 20.8 Å².